The Morgan fingerprint density at radius 1 is 0.968 bits per heavy atom. The fourth-order valence-corrected chi connectivity index (χ4v) is 6.32. The van der Waals surface area contributed by atoms with Crippen LogP contribution in [0.2, 0.25) is 0 Å². The van der Waals surface area contributed by atoms with Gasteiger partial charge in [0.05, 0.1) is 16.6 Å². The van der Waals surface area contributed by atoms with Crippen molar-refractivity contribution in [3.8, 4) is 5.75 Å². The van der Waals surface area contributed by atoms with Gasteiger partial charge >= 0.3 is 5.63 Å². The second-order valence-corrected chi connectivity index (χ2v) is 10.3. The molecular formula is C22H24N2O6S. The first-order chi connectivity index (χ1) is 14.8. The van der Waals surface area contributed by atoms with Crippen LogP contribution >= 0.6 is 0 Å². The third-order valence-corrected chi connectivity index (χ3v) is 8.11. The van der Waals surface area contributed by atoms with Gasteiger partial charge in [0.25, 0.3) is 0 Å². The molecular weight excluding hydrogens is 420 g/mol. The summed E-state index contributed by atoms with van der Waals surface area (Å²) in [4.78, 5) is 25.7. The van der Waals surface area contributed by atoms with Crippen LogP contribution in [0.25, 0.3) is 0 Å². The summed E-state index contributed by atoms with van der Waals surface area (Å²) in [5, 5.41) is 0. The molecule has 3 aliphatic rings. The maximum absolute atomic E-state index is 13.3. The minimum atomic E-state index is -3.62. The van der Waals surface area contributed by atoms with E-state index in [-0.39, 0.29) is 12.0 Å². The molecule has 0 radical (unpaired) electrons. The first kappa shape index (κ1) is 20.3. The molecule has 0 saturated carbocycles. The van der Waals surface area contributed by atoms with Crippen molar-refractivity contribution in [2.45, 2.75) is 50.0 Å². The van der Waals surface area contributed by atoms with Gasteiger partial charge in [-0.1, -0.05) is 0 Å². The fourth-order valence-electron chi connectivity index (χ4n) is 4.75. The minimum Gasteiger partial charge on any atom is -0.490 e. The van der Waals surface area contributed by atoms with E-state index in [1.54, 1.807) is 30.0 Å². The van der Waals surface area contributed by atoms with Crippen LogP contribution in [0.4, 0.5) is 5.69 Å². The van der Waals surface area contributed by atoms with Crippen molar-refractivity contribution in [2.24, 2.45) is 0 Å². The zero-order valence-electron chi connectivity index (χ0n) is 17.3. The third kappa shape index (κ3) is 3.65. The SMILES string of the molecule is Cc1cc(OC2CCN(S(=O)(=O)c3cc4c5c(c3)CCN5C(=O)CC4)CC2)cc(=O)o1. The highest BCUT2D eigenvalue weighted by atomic mass is 32.2. The number of nitrogens with zero attached hydrogens (tertiary/aromatic N) is 2. The van der Waals surface area contributed by atoms with Gasteiger partial charge in [-0.3, -0.25) is 4.79 Å². The second kappa shape index (κ2) is 7.49. The summed E-state index contributed by atoms with van der Waals surface area (Å²) < 4.78 is 39.0. The van der Waals surface area contributed by atoms with Crippen molar-refractivity contribution < 1.29 is 22.4 Å². The molecule has 0 atom stereocenters. The van der Waals surface area contributed by atoms with Crippen LogP contribution < -0.4 is 15.3 Å². The molecule has 1 saturated heterocycles. The van der Waals surface area contributed by atoms with Crippen LogP contribution in [-0.4, -0.2) is 44.4 Å². The summed E-state index contributed by atoms with van der Waals surface area (Å²) in [6.45, 7) is 3.02. The van der Waals surface area contributed by atoms with Crippen LogP contribution in [0.3, 0.4) is 0 Å². The van der Waals surface area contributed by atoms with Crippen molar-refractivity contribution in [1.29, 1.82) is 0 Å². The predicted octanol–water partition coefficient (Wildman–Crippen LogP) is 2.02. The second-order valence-electron chi connectivity index (χ2n) is 8.33. The van der Waals surface area contributed by atoms with E-state index in [9.17, 15) is 18.0 Å². The van der Waals surface area contributed by atoms with E-state index >= 15 is 0 Å². The normalized spacial score (nSPS) is 19.5. The maximum Gasteiger partial charge on any atom is 0.339 e. The average molecular weight is 445 g/mol. The molecule has 0 aliphatic carbocycles. The quantitative estimate of drug-likeness (QED) is 0.716. The average Bonchev–Trinajstić information content (AvgIpc) is 3.16. The number of piperidine rings is 1. The molecule has 0 bridgehead atoms. The number of hydrogen-bond acceptors (Lipinski definition) is 6. The summed E-state index contributed by atoms with van der Waals surface area (Å²) in [6.07, 6.45) is 2.63. The van der Waals surface area contributed by atoms with E-state index in [0.29, 0.717) is 68.1 Å². The van der Waals surface area contributed by atoms with Crippen molar-refractivity contribution in [2.75, 3.05) is 24.5 Å². The smallest absolute Gasteiger partial charge is 0.339 e. The molecule has 4 heterocycles. The van der Waals surface area contributed by atoms with E-state index < -0.39 is 15.6 Å². The molecule has 1 aromatic heterocycles. The number of amides is 1. The molecule has 31 heavy (non-hydrogen) atoms. The van der Waals surface area contributed by atoms with Crippen LogP contribution in [-0.2, 0) is 27.7 Å². The van der Waals surface area contributed by atoms with Gasteiger partial charge in [-0.25, -0.2) is 13.2 Å². The standard InChI is InChI=1S/C22H24N2O6S/c1-14-10-18(13-21(26)29-14)30-17-5-7-23(8-6-17)31(27,28)19-11-15-2-3-20(25)24-9-4-16(12-19)22(15)24/h10-13,17H,2-9H2,1H3. The lowest BCUT2D eigenvalue weighted by atomic mass is 10.00. The first-order valence-electron chi connectivity index (χ1n) is 10.6. The van der Waals surface area contributed by atoms with Crippen molar-refractivity contribution in [3.05, 3.63) is 51.6 Å². The number of carbonyl (C=O) groups excluding carboxylic acids is 1. The summed E-state index contributed by atoms with van der Waals surface area (Å²) >= 11 is 0. The molecule has 1 aromatic carbocycles. The molecule has 8 nitrogen and oxygen atoms in total. The molecule has 164 valence electrons. The minimum absolute atomic E-state index is 0.121. The number of benzene rings is 1. The number of sulfonamides is 1. The van der Waals surface area contributed by atoms with Crippen molar-refractivity contribution in [3.63, 3.8) is 0 Å². The van der Waals surface area contributed by atoms with Gasteiger partial charge in [-0.2, -0.15) is 4.31 Å². The maximum atomic E-state index is 13.3. The highest BCUT2D eigenvalue weighted by molar-refractivity contribution is 7.89. The Balaban J connectivity index is 1.32. The largest absolute Gasteiger partial charge is 0.490 e. The highest BCUT2D eigenvalue weighted by Crippen LogP contribution is 2.39. The van der Waals surface area contributed by atoms with Gasteiger partial charge in [-0.05, 0) is 55.9 Å². The Labute approximate surface area is 180 Å². The van der Waals surface area contributed by atoms with Crippen LogP contribution in [0.15, 0.2) is 38.4 Å². The highest BCUT2D eigenvalue weighted by Gasteiger charge is 2.35. The van der Waals surface area contributed by atoms with E-state index in [1.165, 1.54) is 10.4 Å². The zero-order chi connectivity index (χ0) is 21.8. The summed E-state index contributed by atoms with van der Waals surface area (Å²) in [5.74, 6) is 1.05. The number of carbonyl (C=O) groups is 1. The Morgan fingerprint density at radius 3 is 2.39 bits per heavy atom. The van der Waals surface area contributed by atoms with Crippen LogP contribution in [0.5, 0.6) is 5.75 Å². The molecule has 0 unspecified atom stereocenters. The Bertz CT molecular complexity index is 1210. The molecule has 3 aliphatic heterocycles. The molecule has 1 amide bonds. The van der Waals surface area contributed by atoms with Gasteiger partial charge in [0, 0.05) is 32.1 Å². The third-order valence-electron chi connectivity index (χ3n) is 6.23. The lowest BCUT2D eigenvalue weighted by Gasteiger charge is -2.32. The van der Waals surface area contributed by atoms with Gasteiger partial charge < -0.3 is 14.1 Å². The summed E-state index contributed by atoms with van der Waals surface area (Å²) in [6, 6.07) is 6.45. The Hall–Kier alpha value is -2.65. The first-order valence-corrected chi connectivity index (χ1v) is 12.0. The van der Waals surface area contributed by atoms with Gasteiger partial charge in [-0.15, -0.1) is 0 Å². The zero-order valence-corrected chi connectivity index (χ0v) is 18.1. The van der Waals surface area contributed by atoms with Crippen LogP contribution in [0.1, 0.15) is 36.1 Å². The van der Waals surface area contributed by atoms with Crippen molar-refractivity contribution in [1.82, 2.24) is 4.31 Å². The van der Waals surface area contributed by atoms with Gasteiger partial charge in [0.1, 0.15) is 17.6 Å². The molecule has 9 heteroatoms. The monoisotopic (exact) mass is 444 g/mol. The van der Waals surface area contributed by atoms with E-state index in [0.717, 1.165) is 16.8 Å². The topological polar surface area (TPSA) is 97.1 Å². The number of anilines is 1. The number of hydrogen-bond donors (Lipinski definition) is 0. The van der Waals surface area contributed by atoms with E-state index in [1.807, 2.05) is 0 Å². The van der Waals surface area contributed by atoms with Gasteiger partial charge in [0.15, 0.2) is 0 Å². The molecule has 1 fully saturated rings. The Morgan fingerprint density at radius 2 is 1.68 bits per heavy atom. The Kier molecular flexibility index (Phi) is 4.90. The lowest BCUT2D eigenvalue weighted by molar-refractivity contribution is -0.118. The molecule has 0 spiro atoms. The summed E-state index contributed by atoms with van der Waals surface area (Å²) in [7, 11) is -3.62. The number of rotatable bonds is 4. The van der Waals surface area contributed by atoms with Crippen molar-refractivity contribution >= 4 is 21.6 Å². The van der Waals surface area contributed by atoms with Crippen LogP contribution in [0, 0.1) is 6.92 Å². The van der Waals surface area contributed by atoms with E-state index in [4.69, 9.17) is 9.15 Å². The lowest BCUT2D eigenvalue weighted by Crippen LogP contribution is -2.41. The number of aryl methyl sites for hydroxylation is 2. The molecule has 5 rings (SSSR count). The van der Waals surface area contributed by atoms with Gasteiger partial charge in [0.2, 0.25) is 15.9 Å². The fraction of sp³-hybridized carbons (Fsp3) is 0.455. The predicted molar refractivity (Wildman–Crippen MR) is 113 cm³/mol. The van der Waals surface area contributed by atoms with E-state index in [2.05, 4.69) is 0 Å². The molecule has 0 N–H and O–H groups in total. The number of ether oxygens (including phenoxy) is 1. The summed E-state index contributed by atoms with van der Waals surface area (Å²) in [5.41, 5.74) is 2.35. The molecule has 2 aromatic rings.